The summed E-state index contributed by atoms with van der Waals surface area (Å²) in [6.45, 7) is 7.82. The first-order valence-electron chi connectivity index (χ1n) is 9.21. The molecule has 2 aromatic heterocycles. The van der Waals surface area contributed by atoms with Gasteiger partial charge in [-0.1, -0.05) is 5.21 Å². The van der Waals surface area contributed by atoms with Gasteiger partial charge in [0.2, 0.25) is 0 Å². The Morgan fingerprint density at radius 3 is 2.36 bits per heavy atom. The van der Waals surface area contributed by atoms with E-state index < -0.39 is 0 Å². The molecule has 0 aliphatic carbocycles. The summed E-state index contributed by atoms with van der Waals surface area (Å²) >= 11 is 0. The molecule has 2 N–H and O–H groups in total. The second-order valence-electron chi connectivity index (χ2n) is 7.31. The van der Waals surface area contributed by atoms with Gasteiger partial charge in [-0.25, -0.2) is 4.68 Å². The minimum atomic E-state index is -0.270. The number of aryl methyl sites for hydroxylation is 3. The van der Waals surface area contributed by atoms with Gasteiger partial charge >= 0.3 is 0 Å². The van der Waals surface area contributed by atoms with Crippen molar-refractivity contribution in [3.05, 3.63) is 47.0 Å². The van der Waals surface area contributed by atoms with Crippen LogP contribution in [0.2, 0.25) is 0 Å². The Bertz CT molecular complexity index is 981. The third kappa shape index (κ3) is 4.21. The summed E-state index contributed by atoms with van der Waals surface area (Å²) < 4.78 is 7.11. The number of furan rings is 1. The monoisotopic (exact) mass is 383 g/mol. The van der Waals surface area contributed by atoms with Crippen LogP contribution in [-0.4, -0.2) is 38.9 Å². The molecule has 0 bridgehead atoms. The highest BCUT2D eigenvalue weighted by atomic mass is 16.3. The molecule has 0 spiro atoms. The number of hydrogen-bond donors (Lipinski definition) is 2. The van der Waals surface area contributed by atoms with Crippen molar-refractivity contribution >= 4 is 22.8 Å². The van der Waals surface area contributed by atoms with Crippen LogP contribution < -0.4 is 10.6 Å². The van der Waals surface area contributed by atoms with Gasteiger partial charge in [0, 0.05) is 24.5 Å². The highest BCUT2D eigenvalue weighted by molar-refractivity contribution is 5.96. The molecule has 28 heavy (non-hydrogen) atoms. The third-order valence-corrected chi connectivity index (χ3v) is 4.77. The maximum atomic E-state index is 12.5. The molecular formula is C20H25N5O3. The standard InChI is InChI=1S/C20H25N5O3/c1-11-6-15-9-18(28-17(15)7-12(11)2)20(27)23-14(4)8-13(3)22-19(26)16-10-21-24-25(16)5/h6-7,9-10,13-14H,8H2,1-5H3,(H,22,26)(H,23,27). The first kappa shape index (κ1) is 19.6. The van der Waals surface area contributed by atoms with Gasteiger partial charge in [-0.15, -0.1) is 5.10 Å². The van der Waals surface area contributed by atoms with Crippen LogP contribution >= 0.6 is 0 Å². The van der Waals surface area contributed by atoms with Crippen molar-refractivity contribution in [1.29, 1.82) is 0 Å². The lowest BCUT2D eigenvalue weighted by Crippen LogP contribution is -2.40. The second kappa shape index (κ2) is 7.84. The molecular weight excluding hydrogens is 358 g/mol. The normalized spacial score (nSPS) is 13.3. The summed E-state index contributed by atoms with van der Waals surface area (Å²) in [7, 11) is 1.66. The maximum Gasteiger partial charge on any atom is 0.287 e. The number of rotatable bonds is 6. The molecule has 2 heterocycles. The molecule has 3 rings (SSSR count). The van der Waals surface area contributed by atoms with Gasteiger partial charge in [0.25, 0.3) is 11.8 Å². The van der Waals surface area contributed by atoms with E-state index >= 15 is 0 Å². The lowest BCUT2D eigenvalue weighted by atomic mass is 10.1. The van der Waals surface area contributed by atoms with Gasteiger partial charge in [-0.05, 0) is 63.4 Å². The van der Waals surface area contributed by atoms with Gasteiger partial charge in [-0.2, -0.15) is 0 Å². The molecule has 0 radical (unpaired) electrons. The quantitative estimate of drug-likeness (QED) is 0.681. The van der Waals surface area contributed by atoms with Crippen molar-refractivity contribution in [3.8, 4) is 0 Å². The van der Waals surface area contributed by atoms with E-state index in [2.05, 4.69) is 20.9 Å². The van der Waals surface area contributed by atoms with Crippen molar-refractivity contribution in [1.82, 2.24) is 25.6 Å². The fourth-order valence-corrected chi connectivity index (χ4v) is 3.15. The molecule has 2 amide bonds. The fourth-order valence-electron chi connectivity index (χ4n) is 3.15. The van der Waals surface area contributed by atoms with E-state index in [4.69, 9.17) is 4.42 Å². The van der Waals surface area contributed by atoms with E-state index in [1.165, 1.54) is 10.9 Å². The number of amides is 2. The van der Waals surface area contributed by atoms with Gasteiger partial charge in [0.05, 0.1) is 6.20 Å². The first-order chi connectivity index (χ1) is 13.2. The topological polar surface area (TPSA) is 102 Å². The molecule has 2 atom stereocenters. The lowest BCUT2D eigenvalue weighted by Gasteiger charge is -2.19. The molecule has 8 heteroatoms. The van der Waals surface area contributed by atoms with Crippen LogP contribution in [0.4, 0.5) is 0 Å². The Morgan fingerprint density at radius 1 is 1.07 bits per heavy atom. The third-order valence-electron chi connectivity index (χ3n) is 4.77. The number of carbonyl (C=O) groups is 2. The number of carbonyl (C=O) groups excluding carboxylic acids is 2. The molecule has 0 saturated heterocycles. The minimum Gasteiger partial charge on any atom is -0.451 e. The number of benzene rings is 1. The Balaban J connectivity index is 1.58. The molecule has 0 aliphatic heterocycles. The first-order valence-corrected chi connectivity index (χ1v) is 9.21. The number of aromatic nitrogens is 3. The summed E-state index contributed by atoms with van der Waals surface area (Å²) in [5.41, 5.74) is 3.36. The van der Waals surface area contributed by atoms with Gasteiger partial charge < -0.3 is 15.1 Å². The van der Waals surface area contributed by atoms with Crippen LogP contribution in [0.25, 0.3) is 11.0 Å². The molecule has 3 aromatic rings. The zero-order valence-corrected chi connectivity index (χ0v) is 16.7. The predicted octanol–water partition coefficient (Wildman–Crippen LogP) is 2.51. The molecule has 8 nitrogen and oxygen atoms in total. The molecule has 1 aromatic carbocycles. The molecule has 0 saturated carbocycles. The molecule has 2 unspecified atom stereocenters. The van der Waals surface area contributed by atoms with E-state index in [1.54, 1.807) is 13.1 Å². The Hall–Kier alpha value is -3.16. The maximum absolute atomic E-state index is 12.5. The van der Waals surface area contributed by atoms with Gasteiger partial charge in [0.1, 0.15) is 11.3 Å². The minimum absolute atomic E-state index is 0.140. The molecule has 0 aliphatic rings. The summed E-state index contributed by atoms with van der Waals surface area (Å²) in [5, 5.41) is 14.2. The van der Waals surface area contributed by atoms with Crippen molar-refractivity contribution in [3.63, 3.8) is 0 Å². The van der Waals surface area contributed by atoms with E-state index in [-0.39, 0.29) is 29.7 Å². The van der Waals surface area contributed by atoms with Crippen molar-refractivity contribution in [2.24, 2.45) is 7.05 Å². The number of nitrogens with one attached hydrogen (secondary N) is 2. The Morgan fingerprint density at radius 2 is 1.71 bits per heavy atom. The highest BCUT2D eigenvalue weighted by Gasteiger charge is 2.19. The lowest BCUT2D eigenvalue weighted by molar-refractivity contribution is 0.0906. The van der Waals surface area contributed by atoms with Crippen LogP contribution in [0, 0.1) is 13.8 Å². The molecule has 148 valence electrons. The van der Waals surface area contributed by atoms with E-state index in [0.717, 1.165) is 16.5 Å². The summed E-state index contributed by atoms with van der Waals surface area (Å²) in [6.07, 6.45) is 1.99. The largest absolute Gasteiger partial charge is 0.451 e. The fraction of sp³-hybridized carbons (Fsp3) is 0.400. The van der Waals surface area contributed by atoms with Crippen LogP contribution in [0.3, 0.4) is 0 Å². The van der Waals surface area contributed by atoms with Crippen LogP contribution in [0.15, 0.2) is 28.8 Å². The average molecular weight is 383 g/mol. The van der Waals surface area contributed by atoms with Gasteiger partial charge in [0.15, 0.2) is 5.76 Å². The summed E-state index contributed by atoms with van der Waals surface area (Å²) in [6, 6.07) is 5.42. The Labute approximate surface area is 163 Å². The van der Waals surface area contributed by atoms with Crippen molar-refractivity contribution in [2.45, 2.75) is 46.2 Å². The van der Waals surface area contributed by atoms with E-state index in [9.17, 15) is 9.59 Å². The summed E-state index contributed by atoms with van der Waals surface area (Å²) in [4.78, 5) is 24.7. The molecule has 0 fully saturated rings. The number of fused-ring (bicyclic) bond motifs is 1. The van der Waals surface area contributed by atoms with Crippen LogP contribution in [0.5, 0.6) is 0 Å². The van der Waals surface area contributed by atoms with E-state index in [1.807, 2.05) is 39.8 Å². The smallest absolute Gasteiger partial charge is 0.287 e. The van der Waals surface area contributed by atoms with Crippen LogP contribution in [0.1, 0.15) is 52.4 Å². The average Bonchev–Trinajstić information content (AvgIpc) is 3.21. The van der Waals surface area contributed by atoms with Crippen LogP contribution in [-0.2, 0) is 7.05 Å². The van der Waals surface area contributed by atoms with Crippen molar-refractivity contribution in [2.75, 3.05) is 0 Å². The zero-order valence-electron chi connectivity index (χ0n) is 16.7. The second-order valence-corrected chi connectivity index (χ2v) is 7.31. The summed E-state index contributed by atoms with van der Waals surface area (Å²) in [5.74, 6) is -0.237. The van der Waals surface area contributed by atoms with E-state index in [0.29, 0.717) is 17.7 Å². The number of hydrogen-bond acceptors (Lipinski definition) is 5. The Kier molecular flexibility index (Phi) is 5.48. The highest BCUT2D eigenvalue weighted by Crippen LogP contribution is 2.23. The van der Waals surface area contributed by atoms with Gasteiger partial charge in [-0.3, -0.25) is 9.59 Å². The number of nitrogens with zero attached hydrogens (tertiary/aromatic N) is 3. The predicted molar refractivity (Wildman–Crippen MR) is 105 cm³/mol. The van der Waals surface area contributed by atoms with Crippen molar-refractivity contribution < 1.29 is 14.0 Å². The zero-order chi connectivity index (χ0) is 20.4. The SMILES string of the molecule is Cc1cc2cc(C(=O)NC(C)CC(C)NC(=O)c3cnnn3C)oc2cc1C.